The quantitative estimate of drug-likeness (QED) is 0.608. The summed E-state index contributed by atoms with van der Waals surface area (Å²) in [5.41, 5.74) is 0.692. The van der Waals surface area contributed by atoms with Gasteiger partial charge in [0.2, 0.25) is 0 Å². The lowest BCUT2D eigenvalue weighted by molar-refractivity contribution is -0.384. The first kappa shape index (κ1) is 18.3. The lowest BCUT2D eigenvalue weighted by atomic mass is 10.2. The van der Waals surface area contributed by atoms with Crippen molar-refractivity contribution in [3.05, 3.63) is 58.1 Å². The van der Waals surface area contributed by atoms with Gasteiger partial charge in [0.1, 0.15) is 11.5 Å². The van der Waals surface area contributed by atoms with Crippen LogP contribution >= 0.6 is 0 Å². The SMILES string of the molecule is COc1cc([N+](=O)[O-])ccc1NC(=O)c1ccc(OCC(C)C)cc1. The van der Waals surface area contributed by atoms with Gasteiger partial charge in [0, 0.05) is 11.6 Å². The van der Waals surface area contributed by atoms with E-state index in [0.29, 0.717) is 29.5 Å². The average molecular weight is 344 g/mol. The number of methoxy groups -OCH3 is 1. The van der Waals surface area contributed by atoms with E-state index in [4.69, 9.17) is 9.47 Å². The first-order valence-corrected chi connectivity index (χ1v) is 7.77. The van der Waals surface area contributed by atoms with E-state index < -0.39 is 4.92 Å². The number of carbonyl (C=O) groups is 1. The van der Waals surface area contributed by atoms with E-state index in [2.05, 4.69) is 19.2 Å². The number of ether oxygens (including phenoxy) is 2. The highest BCUT2D eigenvalue weighted by Gasteiger charge is 2.14. The van der Waals surface area contributed by atoms with Crippen molar-refractivity contribution < 1.29 is 19.2 Å². The molecule has 0 heterocycles. The van der Waals surface area contributed by atoms with Gasteiger partial charge in [-0.2, -0.15) is 0 Å². The maximum absolute atomic E-state index is 12.3. The van der Waals surface area contributed by atoms with Crippen molar-refractivity contribution in [2.75, 3.05) is 19.0 Å². The molecule has 2 aromatic rings. The second-order valence-corrected chi connectivity index (χ2v) is 5.83. The predicted octanol–water partition coefficient (Wildman–Crippen LogP) is 3.89. The van der Waals surface area contributed by atoms with Gasteiger partial charge in [0.15, 0.2) is 0 Å². The molecular formula is C18H20N2O5. The maximum atomic E-state index is 12.3. The Morgan fingerprint density at radius 2 is 1.88 bits per heavy atom. The highest BCUT2D eigenvalue weighted by Crippen LogP contribution is 2.29. The number of nitrogens with zero attached hydrogens (tertiary/aromatic N) is 1. The molecule has 7 heteroatoms. The number of benzene rings is 2. The van der Waals surface area contributed by atoms with Gasteiger partial charge in [-0.1, -0.05) is 13.8 Å². The van der Waals surface area contributed by atoms with Gasteiger partial charge in [0.25, 0.3) is 11.6 Å². The molecule has 0 aliphatic carbocycles. The normalized spacial score (nSPS) is 10.4. The minimum absolute atomic E-state index is 0.110. The Labute approximate surface area is 145 Å². The molecule has 7 nitrogen and oxygen atoms in total. The highest BCUT2D eigenvalue weighted by molar-refractivity contribution is 6.05. The number of nitrogens with one attached hydrogen (secondary N) is 1. The van der Waals surface area contributed by atoms with Crippen molar-refractivity contribution >= 4 is 17.3 Å². The summed E-state index contributed by atoms with van der Waals surface area (Å²) < 4.78 is 10.7. The fourth-order valence-corrected chi connectivity index (χ4v) is 2.06. The number of nitro groups is 1. The van der Waals surface area contributed by atoms with Crippen LogP contribution in [0, 0.1) is 16.0 Å². The standard InChI is InChI=1S/C18H20N2O5/c1-12(2)11-25-15-7-4-13(5-8-15)18(21)19-16-9-6-14(20(22)23)10-17(16)24-3/h4-10,12H,11H2,1-3H3,(H,19,21). The molecule has 0 fully saturated rings. The molecule has 1 amide bonds. The van der Waals surface area contributed by atoms with E-state index in [9.17, 15) is 14.9 Å². The molecular weight excluding hydrogens is 324 g/mol. The van der Waals surface area contributed by atoms with E-state index in [1.54, 1.807) is 24.3 Å². The highest BCUT2D eigenvalue weighted by atomic mass is 16.6. The molecule has 0 bridgehead atoms. The van der Waals surface area contributed by atoms with Crippen LogP contribution in [0.5, 0.6) is 11.5 Å². The Bertz CT molecular complexity index is 757. The summed E-state index contributed by atoms with van der Waals surface area (Å²) in [5.74, 6) is 0.984. The van der Waals surface area contributed by atoms with Gasteiger partial charge < -0.3 is 14.8 Å². The average Bonchev–Trinajstić information content (AvgIpc) is 2.60. The van der Waals surface area contributed by atoms with Crippen molar-refractivity contribution in [3.63, 3.8) is 0 Å². The third-order valence-electron chi connectivity index (χ3n) is 3.34. The Hall–Kier alpha value is -3.09. The van der Waals surface area contributed by atoms with Crippen LogP contribution in [-0.4, -0.2) is 24.5 Å². The van der Waals surface area contributed by atoms with Crippen molar-refractivity contribution in [3.8, 4) is 11.5 Å². The summed E-state index contributed by atoms with van der Waals surface area (Å²) >= 11 is 0. The minimum Gasteiger partial charge on any atom is -0.494 e. The van der Waals surface area contributed by atoms with Crippen LogP contribution in [0.1, 0.15) is 24.2 Å². The summed E-state index contributed by atoms with van der Waals surface area (Å²) in [6.07, 6.45) is 0. The van der Waals surface area contributed by atoms with Crippen LogP contribution in [0.4, 0.5) is 11.4 Å². The fraction of sp³-hybridized carbons (Fsp3) is 0.278. The van der Waals surface area contributed by atoms with E-state index in [1.165, 1.54) is 25.3 Å². The van der Waals surface area contributed by atoms with E-state index in [0.717, 1.165) is 0 Å². The molecule has 2 rings (SSSR count). The van der Waals surface area contributed by atoms with Crippen LogP contribution in [0.2, 0.25) is 0 Å². The van der Waals surface area contributed by atoms with Gasteiger partial charge in [-0.15, -0.1) is 0 Å². The molecule has 0 radical (unpaired) electrons. The zero-order valence-corrected chi connectivity index (χ0v) is 14.3. The van der Waals surface area contributed by atoms with Crippen molar-refractivity contribution in [2.24, 2.45) is 5.92 Å². The molecule has 0 spiro atoms. The van der Waals surface area contributed by atoms with Crippen molar-refractivity contribution in [1.82, 2.24) is 0 Å². The van der Waals surface area contributed by atoms with Crippen LogP contribution in [0.15, 0.2) is 42.5 Å². The van der Waals surface area contributed by atoms with Crippen LogP contribution in [0.25, 0.3) is 0 Å². The first-order chi connectivity index (χ1) is 11.9. The number of amides is 1. The number of hydrogen-bond acceptors (Lipinski definition) is 5. The van der Waals surface area contributed by atoms with E-state index in [-0.39, 0.29) is 17.3 Å². The van der Waals surface area contributed by atoms with Gasteiger partial charge in [-0.3, -0.25) is 14.9 Å². The van der Waals surface area contributed by atoms with Crippen LogP contribution in [-0.2, 0) is 0 Å². The largest absolute Gasteiger partial charge is 0.494 e. The zero-order chi connectivity index (χ0) is 18.4. The molecule has 0 aliphatic rings. The summed E-state index contributed by atoms with van der Waals surface area (Å²) in [6.45, 7) is 4.71. The Balaban J connectivity index is 2.10. The number of rotatable bonds is 7. The third kappa shape index (κ3) is 4.94. The Morgan fingerprint density at radius 1 is 1.20 bits per heavy atom. The number of non-ortho nitro benzene ring substituents is 1. The van der Waals surface area contributed by atoms with Gasteiger partial charge in [0.05, 0.1) is 30.4 Å². The lowest BCUT2D eigenvalue weighted by Gasteiger charge is -2.11. The topological polar surface area (TPSA) is 90.7 Å². The molecule has 132 valence electrons. The molecule has 1 N–H and O–H groups in total. The third-order valence-corrected chi connectivity index (χ3v) is 3.34. The number of nitro benzene ring substituents is 1. The zero-order valence-electron chi connectivity index (χ0n) is 14.3. The monoisotopic (exact) mass is 344 g/mol. The van der Waals surface area contributed by atoms with Gasteiger partial charge >= 0.3 is 0 Å². The molecule has 2 aromatic carbocycles. The lowest BCUT2D eigenvalue weighted by Crippen LogP contribution is -2.13. The first-order valence-electron chi connectivity index (χ1n) is 7.77. The number of anilines is 1. The van der Waals surface area contributed by atoms with Crippen molar-refractivity contribution in [1.29, 1.82) is 0 Å². The molecule has 0 saturated heterocycles. The summed E-state index contributed by atoms with van der Waals surface area (Å²) in [4.78, 5) is 22.6. The fourth-order valence-electron chi connectivity index (χ4n) is 2.06. The Kier molecular flexibility index (Phi) is 5.94. The molecule has 25 heavy (non-hydrogen) atoms. The number of hydrogen-bond donors (Lipinski definition) is 1. The summed E-state index contributed by atoms with van der Waals surface area (Å²) in [7, 11) is 1.38. The van der Waals surface area contributed by atoms with Crippen molar-refractivity contribution in [2.45, 2.75) is 13.8 Å². The Morgan fingerprint density at radius 3 is 2.44 bits per heavy atom. The molecule has 0 aliphatic heterocycles. The maximum Gasteiger partial charge on any atom is 0.273 e. The second-order valence-electron chi connectivity index (χ2n) is 5.83. The number of carbonyl (C=O) groups excluding carboxylic acids is 1. The molecule has 0 unspecified atom stereocenters. The summed E-state index contributed by atoms with van der Waals surface area (Å²) in [5, 5.41) is 13.5. The van der Waals surface area contributed by atoms with E-state index >= 15 is 0 Å². The van der Waals surface area contributed by atoms with Gasteiger partial charge in [-0.05, 0) is 36.2 Å². The van der Waals surface area contributed by atoms with Gasteiger partial charge in [-0.25, -0.2) is 0 Å². The van der Waals surface area contributed by atoms with Crippen LogP contribution < -0.4 is 14.8 Å². The molecule has 0 aromatic heterocycles. The van der Waals surface area contributed by atoms with Crippen LogP contribution in [0.3, 0.4) is 0 Å². The van der Waals surface area contributed by atoms with E-state index in [1.807, 2.05) is 0 Å². The second kappa shape index (κ2) is 8.14. The smallest absolute Gasteiger partial charge is 0.273 e. The summed E-state index contributed by atoms with van der Waals surface area (Å²) in [6, 6.07) is 10.8. The molecule has 0 saturated carbocycles. The minimum atomic E-state index is -0.524. The molecule has 0 atom stereocenters. The predicted molar refractivity (Wildman–Crippen MR) is 94.4 cm³/mol.